The van der Waals surface area contributed by atoms with Crippen LogP contribution in [0.1, 0.15) is 21.6 Å². The third-order valence-electron chi connectivity index (χ3n) is 3.85. The maximum atomic E-state index is 13.0. The first kappa shape index (κ1) is 18.1. The quantitative estimate of drug-likeness (QED) is 0.662. The van der Waals surface area contributed by atoms with Crippen molar-refractivity contribution in [2.45, 2.75) is 13.2 Å². The van der Waals surface area contributed by atoms with Gasteiger partial charge in [-0.15, -0.1) is 11.3 Å². The summed E-state index contributed by atoms with van der Waals surface area (Å²) in [6.45, 7) is 0.904. The zero-order valence-electron chi connectivity index (χ0n) is 14.2. The summed E-state index contributed by atoms with van der Waals surface area (Å²) >= 11 is 1.50. The summed E-state index contributed by atoms with van der Waals surface area (Å²) in [6.07, 6.45) is 0. The summed E-state index contributed by atoms with van der Waals surface area (Å²) in [5.74, 6) is 0.346. The van der Waals surface area contributed by atoms with Gasteiger partial charge >= 0.3 is 0 Å². The molecule has 0 aliphatic rings. The van der Waals surface area contributed by atoms with Gasteiger partial charge in [0.2, 0.25) is 0 Å². The predicted molar refractivity (Wildman–Crippen MR) is 101 cm³/mol. The molecule has 0 atom stereocenters. The van der Waals surface area contributed by atoms with E-state index in [0.29, 0.717) is 24.5 Å². The number of carbonyl (C=O) groups is 1. The van der Waals surface area contributed by atoms with E-state index in [1.165, 1.54) is 11.3 Å². The van der Waals surface area contributed by atoms with Crippen LogP contribution in [0.15, 0.2) is 65.5 Å². The summed E-state index contributed by atoms with van der Waals surface area (Å²) in [5.41, 5.74) is 4.06. The van der Waals surface area contributed by atoms with E-state index in [0.717, 1.165) is 11.3 Å². The lowest BCUT2D eigenvalue weighted by molar-refractivity contribution is 0.0703. The molecule has 1 heterocycles. The van der Waals surface area contributed by atoms with Gasteiger partial charge in [-0.2, -0.15) is 0 Å². The Morgan fingerprint density at radius 3 is 2.62 bits per heavy atom. The molecule has 3 aromatic rings. The molecule has 1 aromatic heterocycles. The van der Waals surface area contributed by atoms with Crippen LogP contribution >= 0.6 is 11.3 Å². The largest absolute Gasteiger partial charge is 0.486 e. The lowest BCUT2D eigenvalue weighted by Crippen LogP contribution is -2.33. The summed E-state index contributed by atoms with van der Waals surface area (Å²) in [7, 11) is 0. The van der Waals surface area contributed by atoms with Crippen LogP contribution in [-0.2, 0) is 13.2 Å². The van der Waals surface area contributed by atoms with E-state index < -0.39 is 0 Å². The Balaban J connectivity index is 1.77. The number of aliphatic hydroxyl groups is 1. The number of amides is 1. The average molecular weight is 368 g/mol. The number of nitrogens with zero attached hydrogens (tertiary/aromatic N) is 2. The topological polar surface area (TPSA) is 62.7 Å². The molecule has 0 aliphatic carbocycles. The molecule has 2 aromatic carbocycles. The Kier molecular flexibility index (Phi) is 6.35. The van der Waals surface area contributed by atoms with Gasteiger partial charge in [0, 0.05) is 18.5 Å². The third kappa shape index (κ3) is 4.68. The van der Waals surface area contributed by atoms with Gasteiger partial charge < -0.3 is 14.7 Å². The zero-order chi connectivity index (χ0) is 18.2. The smallest absolute Gasteiger partial charge is 0.257 e. The number of carbonyl (C=O) groups excluding carboxylic acids is 1. The molecule has 1 N–H and O–H groups in total. The molecule has 3 rings (SSSR count). The van der Waals surface area contributed by atoms with E-state index >= 15 is 0 Å². The van der Waals surface area contributed by atoms with Crippen LogP contribution in [0.25, 0.3) is 0 Å². The second-order valence-corrected chi connectivity index (χ2v) is 6.42. The first-order chi connectivity index (χ1) is 12.8. The Labute approximate surface area is 156 Å². The van der Waals surface area contributed by atoms with E-state index in [2.05, 4.69) is 4.98 Å². The average Bonchev–Trinajstić information content (AvgIpc) is 3.20. The molecular formula is C20H20N2O3S. The molecule has 5 nitrogen and oxygen atoms in total. The van der Waals surface area contributed by atoms with Crippen LogP contribution in [-0.4, -0.2) is 34.0 Å². The highest BCUT2D eigenvalue weighted by Gasteiger charge is 2.19. The Hall–Kier alpha value is -2.70. The molecule has 0 saturated carbocycles. The van der Waals surface area contributed by atoms with Crippen LogP contribution in [0.3, 0.4) is 0 Å². The summed E-state index contributed by atoms with van der Waals surface area (Å²) < 4.78 is 5.82. The molecule has 6 heteroatoms. The molecule has 0 saturated heterocycles. The molecule has 0 aliphatic heterocycles. The van der Waals surface area contributed by atoms with Crippen molar-refractivity contribution >= 4 is 17.2 Å². The standard InChI is InChI=1S/C20H20N2O3S/c23-11-10-22(12-16-6-2-1-3-7-16)20(24)18-8-4-5-9-19(18)25-13-17-14-26-15-21-17/h1-9,14-15,23H,10-13H2. The molecule has 134 valence electrons. The minimum Gasteiger partial charge on any atom is -0.486 e. The van der Waals surface area contributed by atoms with Crippen molar-refractivity contribution in [2.75, 3.05) is 13.2 Å². The number of para-hydroxylation sites is 1. The zero-order valence-corrected chi connectivity index (χ0v) is 15.1. The van der Waals surface area contributed by atoms with Crippen LogP contribution in [0.4, 0.5) is 0 Å². The van der Waals surface area contributed by atoms with Gasteiger partial charge in [-0.3, -0.25) is 4.79 Å². The van der Waals surface area contributed by atoms with Crippen molar-refractivity contribution < 1.29 is 14.6 Å². The fourth-order valence-corrected chi connectivity index (χ4v) is 3.12. The molecule has 0 bridgehead atoms. The van der Waals surface area contributed by atoms with Gasteiger partial charge in [-0.1, -0.05) is 42.5 Å². The monoisotopic (exact) mass is 368 g/mol. The van der Waals surface area contributed by atoms with Gasteiger partial charge in [0.1, 0.15) is 12.4 Å². The maximum absolute atomic E-state index is 13.0. The van der Waals surface area contributed by atoms with Crippen LogP contribution in [0.2, 0.25) is 0 Å². The number of rotatable bonds is 8. The number of thiazole rings is 1. The third-order valence-corrected chi connectivity index (χ3v) is 4.49. The maximum Gasteiger partial charge on any atom is 0.257 e. The summed E-state index contributed by atoms with van der Waals surface area (Å²) in [4.78, 5) is 18.9. The number of aliphatic hydroxyl groups excluding tert-OH is 1. The van der Waals surface area contributed by atoms with Crippen molar-refractivity contribution in [3.63, 3.8) is 0 Å². The number of hydrogen-bond acceptors (Lipinski definition) is 5. The molecule has 0 radical (unpaired) electrons. The fourth-order valence-electron chi connectivity index (χ4n) is 2.58. The van der Waals surface area contributed by atoms with Crippen LogP contribution in [0.5, 0.6) is 5.75 Å². The highest BCUT2D eigenvalue weighted by Crippen LogP contribution is 2.22. The summed E-state index contributed by atoms with van der Waals surface area (Å²) in [5, 5.41) is 11.3. The molecule has 0 fully saturated rings. The molecular weight excluding hydrogens is 348 g/mol. The van der Waals surface area contributed by atoms with Crippen molar-refractivity contribution in [1.29, 1.82) is 0 Å². The Bertz CT molecular complexity index is 822. The van der Waals surface area contributed by atoms with Crippen LogP contribution in [0, 0.1) is 0 Å². The second kappa shape index (κ2) is 9.12. The highest BCUT2D eigenvalue weighted by molar-refractivity contribution is 7.07. The lowest BCUT2D eigenvalue weighted by atomic mass is 10.1. The van der Waals surface area contributed by atoms with Crippen LogP contribution < -0.4 is 4.74 Å². The van der Waals surface area contributed by atoms with Crippen molar-refractivity contribution in [1.82, 2.24) is 9.88 Å². The lowest BCUT2D eigenvalue weighted by Gasteiger charge is -2.23. The number of benzene rings is 2. The number of aromatic nitrogens is 1. The van der Waals surface area contributed by atoms with E-state index in [1.54, 1.807) is 22.5 Å². The molecule has 26 heavy (non-hydrogen) atoms. The second-order valence-electron chi connectivity index (χ2n) is 5.70. The number of ether oxygens (including phenoxy) is 1. The highest BCUT2D eigenvalue weighted by atomic mass is 32.1. The van der Waals surface area contributed by atoms with E-state index in [1.807, 2.05) is 47.8 Å². The normalized spacial score (nSPS) is 10.5. The van der Waals surface area contributed by atoms with Gasteiger partial charge in [0.05, 0.1) is 23.4 Å². The molecule has 0 spiro atoms. The van der Waals surface area contributed by atoms with Gasteiger partial charge in [-0.05, 0) is 17.7 Å². The molecule has 0 unspecified atom stereocenters. The Morgan fingerprint density at radius 2 is 1.88 bits per heavy atom. The predicted octanol–water partition coefficient (Wildman–Crippen LogP) is 3.36. The minimum absolute atomic E-state index is 0.0968. The van der Waals surface area contributed by atoms with E-state index in [4.69, 9.17) is 4.74 Å². The van der Waals surface area contributed by atoms with Crippen molar-refractivity contribution in [2.24, 2.45) is 0 Å². The minimum atomic E-state index is -0.170. The Morgan fingerprint density at radius 1 is 1.12 bits per heavy atom. The fraction of sp³-hybridized carbons (Fsp3) is 0.200. The summed E-state index contributed by atoms with van der Waals surface area (Å²) in [6, 6.07) is 16.9. The molecule has 1 amide bonds. The van der Waals surface area contributed by atoms with Crippen molar-refractivity contribution in [3.8, 4) is 5.75 Å². The van der Waals surface area contributed by atoms with Gasteiger partial charge in [0.25, 0.3) is 5.91 Å². The van der Waals surface area contributed by atoms with E-state index in [9.17, 15) is 9.90 Å². The van der Waals surface area contributed by atoms with Gasteiger partial charge in [0.15, 0.2) is 0 Å². The van der Waals surface area contributed by atoms with Gasteiger partial charge in [-0.25, -0.2) is 4.98 Å². The SMILES string of the molecule is O=C(c1ccccc1OCc1cscn1)N(CCO)Cc1ccccc1. The first-order valence-electron chi connectivity index (χ1n) is 8.31. The number of hydrogen-bond donors (Lipinski definition) is 1. The van der Waals surface area contributed by atoms with Crippen molar-refractivity contribution in [3.05, 3.63) is 82.3 Å². The first-order valence-corrected chi connectivity index (χ1v) is 9.25. The van der Waals surface area contributed by atoms with E-state index in [-0.39, 0.29) is 19.1 Å².